The monoisotopic (exact) mass is 592 g/mol. The molecule has 0 spiro atoms. The SMILES string of the molecule is O=C(O)c1cnc(C(F)(F)c2cc(Cl)nc(N3CCN(S(=O)(=O)c4ccc(N5CCCC5=O)cc4)CC3)c2)cn1. The number of hydrogen-bond donors (Lipinski definition) is 1. The molecule has 2 aliphatic heterocycles. The summed E-state index contributed by atoms with van der Waals surface area (Å²) in [7, 11) is -3.83. The molecule has 1 amide bonds. The fraction of sp³-hybridized carbons (Fsp3) is 0.320. The number of alkyl halides is 2. The molecular weight excluding hydrogens is 570 g/mol. The van der Waals surface area contributed by atoms with E-state index in [0.29, 0.717) is 24.8 Å². The van der Waals surface area contributed by atoms with Gasteiger partial charge < -0.3 is 14.9 Å². The minimum atomic E-state index is -3.83. The Morgan fingerprint density at radius 1 is 1.00 bits per heavy atom. The smallest absolute Gasteiger partial charge is 0.356 e. The average Bonchev–Trinajstić information content (AvgIpc) is 3.38. The van der Waals surface area contributed by atoms with Crippen molar-refractivity contribution in [1.82, 2.24) is 19.3 Å². The van der Waals surface area contributed by atoms with E-state index in [1.165, 1.54) is 16.4 Å². The summed E-state index contributed by atoms with van der Waals surface area (Å²) in [6, 6.07) is 8.30. The van der Waals surface area contributed by atoms with Gasteiger partial charge in [0.2, 0.25) is 15.9 Å². The lowest BCUT2D eigenvalue weighted by atomic mass is 10.1. The van der Waals surface area contributed by atoms with Gasteiger partial charge in [0.15, 0.2) is 5.69 Å². The zero-order chi connectivity index (χ0) is 28.7. The highest BCUT2D eigenvalue weighted by Crippen LogP contribution is 2.37. The molecular formula is C25H23ClF2N6O5S. The Hall–Kier alpha value is -3.75. The van der Waals surface area contributed by atoms with Crippen molar-refractivity contribution in [2.24, 2.45) is 0 Å². The predicted octanol–water partition coefficient (Wildman–Crippen LogP) is 3.00. The molecule has 0 unspecified atom stereocenters. The summed E-state index contributed by atoms with van der Waals surface area (Å²) in [5.41, 5.74) is -1.11. The Bertz CT molecular complexity index is 1550. The molecule has 2 saturated heterocycles. The Morgan fingerprint density at radius 3 is 2.27 bits per heavy atom. The lowest BCUT2D eigenvalue weighted by Gasteiger charge is -2.35. The predicted molar refractivity (Wildman–Crippen MR) is 140 cm³/mol. The molecule has 40 heavy (non-hydrogen) atoms. The molecule has 2 aromatic heterocycles. The molecule has 3 aromatic rings. The van der Waals surface area contributed by atoms with Gasteiger partial charge >= 0.3 is 11.9 Å². The number of anilines is 2. The van der Waals surface area contributed by atoms with E-state index in [1.807, 2.05) is 0 Å². The zero-order valence-electron chi connectivity index (χ0n) is 20.9. The number of carboxylic acid groups (broad SMARTS) is 1. The number of pyridine rings is 1. The number of aromatic carboxylic acids is 1. The first-order chi connectivity index (χ1) is 19.0. The van der Waals surface area contributed by atoms with Gasteiger partial charge in [-0.1, -0.05) is 11.6 Å². The first kappa shape index (κ1) is 27.8. The minimum absolute atomic E-state index is 0.00583. The molecule has 2 fully saturated rings. The number of rotatable bonds is 7. The first-order valence-electron chi connectivity index (χ1n) is 12.2. The van der Waals surface area contributed by atoms with E-state index in [0.717, 1.165) is 24.8 Å². The highest BCUT2D eigenvalue weighted by Gasteiger charge is 2.38. The number of piperazine rings is 1. The van der Waals surface area contributed by atoms with E-state index in [2.05, 4.69) is 15.0 Å². The number of aromatic nitrogens is 3. The van der Waals surface area contributed by atoms with Crippen LogP contribution in [-0.2, 0) is 20.7 Å². The summed E-state index contributed by atoms with van der Waals surface area (Å²) >= 11 is 6.06. The maximum atomic E-state index is 15.2. The van der Waals surface area contributed by atoms with Crippen LogP contribution in [0.3, 0.4) is 0 Å². The van der Waals surface area contributed by atoms with E-state index >= 15 is 8.78 Å². The lowest BCUT2D eigenvalue weighted by Crippen LogP contribution is -2.49. The average molecular weight is 593 g/mol. The van der Waals surface area contributed by atoms with Gasteiger partial charge in [-0.25, -0.2) is 23.2 Å². The van der Waals surface area contributed by atoms with Gasteiger partial charge in [0.05, 0.1) is 17.3 Å². The summed E-state index contributed by atoms with van der Waals surface area (Å²) in [6.45, 7) is 1.10. The van der Waals surface area contributed by atoms with Gasteiger partial charge in [-0.3, -0.25) is 9.78 Å². The highest BCUT2D eigenvalue weighted by atomic mass is 35.5. The van der Waals surface area contributed by atoms with E-state index in [1.54, 1.807) is 21.9 Å². The van der Waals surface area contributed by atoms with Crippen LogP contribution < -0.4 is 9.80 Å². The van der Waals surface area contributed by atoms with Crippen LogP contribution in [0.25, 0.3) is 0 Å². The van der Waals surface area contributed by atoms with Crippen molar-refractivity contribution >= 4 is 45.0 Å². The lowest BCUT2D eigenvalue weighted by molar-refractivity contribution is -0.117. The van der Waals surface area contributed by atoms with Crippen LogP contribution in [0.1, 0.15) is 34.6 Å². The molecule has 0 aliphatic carbocycles. The van der Waals surface area contributed by atoms with Crippen LogP contribution in [0.2, 0.25) is 5.15 Å². The third-order valence-electron chi connectivity index (χ3n) is 6.76. The number of nitrogens with zero attached hydrogens (tertiary/aromatic N) is 6. The standard InChI is InChI=1S/C25H23ClF2N6O5S/c26-21-12-16(25(27,28)20-15-29-19(14-30-20)24(36)37)13-22(31-21)32-8-10-33(11-9-32)40(38,39)18-5-3-17(4-6-18)34-7-1-2-23(34)35/h3-6,12-15H,1-2,7-11H2,(H,36,37). The molecule has 5 rings (SSSR count). The first-order valence-corrected chi connectivity index (χ1v) is 14.1. The Kier molecular flexibility index (Phi) is 7.42. The number of halogens is 3. The summed E-state index contributed by atoms with van der Waals surface area (Å²) < 4.78 is 58.2. The molecule has 1 N–H and O–H groups in total. The van der Waals surface area contributed by atoms with Crippen LogP contribution in [0.4, 0.5) is 20.3 Å². The van der Waals surface area contributed by atoms with Crippen molar-refractivity contribution in [3.05, 3.63) is 70.9 Å². The van der Waals surface area contributed by atoms with Gasteiger partial charge in [-0.15, -0.1) is 0 Å². The van der Waals surface area contributed by atoms with Gasteiger partial charge in [0.1, 0.15) is 16.7 Å². The maximum Gasteiger partial charge on any atom is 0.356 e. The third-order valence-corrected chi connectivity index (χ3v) is 8.86. The quantitative estimate of drug-likeness (QED) is 0.410. The van der Waals surface area contributed by atoms with Crippen molar-refractivity contribution in [1.29, 1.82) is 0 Å². The minimum Gasteiger partial charge on any atom is -0.476 e. The van der Waals surface area contributed by atoms with Gasteiger partial charge in [0, 0.05) is 50.4 Å². The summed E-state index contributed by atoms with van der Waals surface area (Å²) in [5, 5.41) is 8.73. The van der Waals surface area contributed by atoms with Crippen LogP contribution in [0, 0.1) is 0 Å². The third kappa shape index (κ3) is 5.33. The molecule has 210 valence electrons. The normalized spacial score (nSPS) is 16.9. The molecule has 1 aromatic carbocycles. The second-order valence-corrected chi connectivity index (χ2v) is 11.6. The molecule has 0 bridgehead atoms. The van der Waals surface area contributed by atoms with Crippen molar-refractivity contribution in [3.63, 3.8) is 0 Å². The van der Waals surface area contributed by atoms with E-state index in [-0.39, 0.29) is 48.0 Å². The van der Waals surface area contributed by atoms with E-state index in [4.69, 9.17) is 16.7 Å². The fourth-order valence-electron chi connectivity index (χ4n) is 4.60. The van der Waals surface area contributed by atoms with E-state index in [9.17, 15) is 18.0 Å². The summed E-state index contributed by atoms with van der Waals surface area (Å²) in [6.07, 6.45) is 2.67. The maximum absolute atomic E-state index is 15.2. The van der Waals surface area contributed by atoms with E-state index < -0.39 is 38.9 Å². The fourth-order valence-corrected chi connectivity index (χ4v) is 6.23. The molecule has 0 saturated carbocycles. The number of benzene rings is 1. The number of carboxylic acids is 1. The number of sulfonamides is 1. The largest absolute Gasteiger partial charge is 0.476 e. The zero-order valence-corrected chi connectivity index (χ0v) is 22.4. The number of carbonyl (C=O) groups excluding carboxylic acids is 1. The molecule has 0 radical (unpaired) electrons. The van der Waals surface area contributed by atoms with Crippen LogP contribution >= 0.6 is 11.6 Å². The van der Waals surface area contributed by atoms with Crippen LogP contribution in [-0.4, -0.2) is 77.4 Å². The number of hydrogen-bond acceptors (Lipinski definition) is 8. The van der Waals surface area contributed by atoms with Crippen LogP contribution in [0.15, 0.2) is 53.7 Å². The molecule has 2 aliphatic rings. The Labute approximate surface area is 233 Å². The molecule has 4 heterocycles. The highest BCUT2D eigenvalue weighted by molar-refractivity contribution is 7.89. The van der Waals surface area contributed by atoms with Crippen molar-refractivity contribution in [3.8, 4) is 0 Å². The molecule has 11 nitrogen and oxygen atoms in total. The second-order valence-electron chi connectivity index (χ2n) is 9.24. The van der Waals surface area contributed by atoms with Crippen molar-refractivity contribution in [2.45, 2.75) is 23.7 Å². The topological polar surface area (TPSA) is 137 Å². The summed E-state index contributed by atoms with van der Waals surface area (Å²) in [4.78, 5) is 37.5. The molecule has 0 atom stereocenters. The summed E-state index contributed by atoms with van der Waals surface area (Å²) in [5.74, 6) is -4.91. The number of amides is 1. The van der Waals surface area contributed by atoms with Crippen molar-refractivity contribution in [2.75, 3.05) is 42.5 Å². The van der Waals surface area contributed by atoms with Gasteiger partial charge in [-0.2, -0.15) is 13.1 Å². The molecule has 15 heteroatoms. The Balaban J connectivity index is 1.29. The Morgan fingerprint density at radius 2 is 1.70 bits per heavy atom. The van der Waals surface area contributed by atoms with Gasteiger partial charge in [-0.05, 0) is 42.8 Å². The second kappa shape index (κ2) is 10.7. The van der Waals surface area contributed by atoms with Crippen LogP contribution in [0.5, 0.6) is 0 Å². The number of carbonyl (C=O) groups is 2. The van der Waals surface area contributed by atoms with Crippen molar-refractivity contribution < 1.29 is 31.9 Å². The van der Waals surface area contributed by atoms with Gasteiger partial charge in [0.25, 0.3) is 0 Å².